The molecule has 2 rings (SSSR count). The zero-order valence-electron chi connectivity index (χ0n) is 15.0. The van der Waals surface area contributed by atoms with Gasteiger partial charge in [-0.3, -0.25) is 4.79 Å². The van der Waals surface area contributed by atoms with Gasteiger partial charge in [0.2, 0.25) is 5.91 Å². The van der Waals surface area contributed by atoms with Crippen molar-refractivity contribution in [3.05, 3.63) is 42.2 Å². The van der Waals surface area contributed by atoms with E-state index in [9.17, 15) is 4.79 Å². The molecule has 0 bridgehead atoms. The molecule has 0 unspecified atom stereocenters. The van der Waals surface area contributed by atoms with Gasteiger partial charge in [0.15, 0.2) is 0 Å². The highest BCUT2D eigenvalue weighted by Gasteiger charge is 2.09. The van der Waals surface area contributed by atoms with Crippen LogP contribution >= 0.6 is 0 Å². The van der Waals surface area contributed by atoms with E-state index in [0.29, 0.717) is 5.57 Å². The van der Waals surface area contributed by atoms with E-state index in [1.165, 1.54) is 24.2 Å². The number of hydrogen-bond acceptors (Lipinski definition) is 2. The first kappa shape index (κ1) is 18.2. The Morgan fingerprint density at radius 3 is 2.75 bits per heavy atom. The number of aryl methyl sites for hydroxylation is 2. The topological polar surface area (TPSA) is 46.9 Å². The molecule has 0 aliphatic carbocycles. The second-order valence-corrected chi connectivity index (χ2v) is 6.37. The first-order valence-electron chi connectivity index (χ1n) is 9.01. The highest BCUT2D eigenvalue weighted by Crippen LogP contribution is 2.18. The van der Waals surface area contributed by atoms with Crippen LogP contribution in [0.3, 0.4) is 0 Å². The summed E-state index contributed by atoms with van der Waals surface area (Å²) in [6, 6.07) is 8.39. The third-order valence-corrected chi connectivity index (χ3v) is 4.22. The number of benzene rings is 1. The smallest absolute Gasteiger partial charge is 0.246 e. The number of unbranched alkanes of at least 4 members (excludes halogenated alkanes) is 3. The first-order valence-corrected chi connectivity index (χ1v) is 9.01. The van der Waals surface area contributed by atoms with E-state index in [4.69, 9.17) is 4.98 Å². The Morgan fingerprint density at radius 1 is 1.21 bits per heavy atom. The summed E-state index contributed by atoms with van der Waals surface area (Å²) in [6.45, 7) is 9.36. The van der Waals surface area contributed by atoms with Gasteiger partial charge in [-0.1, -0.05) is 38.5 Å². The number of fused-ring (bicyclic) bond motifs is 1. The van der Waals surface area contributed by atoms with Crippen molar-refractivity contribution in [1.82, 2.24) is 14.9 Å². The van der Waals surface area contributed by atoms with Crippen LogP contribution in [0, 0.1) is 0 Å². The fourth-order valence-corrected chi connectivity index (χ4v) is 2.82. The molecule has 1 aromatic carbocycles. The van der Waals surface area contributed by atoms with E-state index < -0.39 is 0 Å². The number of amides is 1. The lowest BCUT2D eigenvalue weighted by Crippen LogP contribution is -2.24. The van der Waals surface area contributed by atoms with Crippen LogP contribution in [0.5, 0.6) is 0 Å². The number of nitrogens with zero attached hydrogens (tertiary/aromatic N) is 2. The molecule has 0 saturated carbocycles. The Hall–Kier alpha value is -2.10. The van der Waals surface area contributed by atoms with E-state index in [-0.39, 0.29) is 5.91 Å². The highest BCUT2D eigenvalue weighted by atomic mass is 16.1. The van der Waals surface area contributed by atoms with Gasteiger partial charge >= 0.3 is 0 Å². The summed E-state index contributed by atoms with van der Waals surface area (Å²) in [5.41, 5.74) is 2.91. The number of carbonyl (C=O) groups is 1. The van der Waals surface area contributed by atoms with E-state index in [2.05, 4.69) is 41.6 Å². The van der Waals surface area contributed by atoms with Gasteiger partial charge in [0, 0.05) is 25.1 Å². The van der Waals surface area contributed by atoms with E-state index in [1.54, 1.807) is 6.92 Å². The van der Waals surface area contributed by atoms with Crippen LogP contribution in [0.2, 0.25) is 0 Å². The van der Waals surface area contributed by atoms with E-state index >= 15 is 0 Å². The second-order valence-electron chi connectivity index (χ2n) is 6.37. The summed E-state index contributed by atoms with van der Waals surface area (Å²) in [5.74, 6) is 1.15. The van der Waals surface area contributed by atoms with Crippen molar-refractivity contribution in [2.75, 3.05) is 6.54 Å². The first-order chi connectivity index (χ1) is 11.6. The summed E-state index contributed by atoms with van der Waals surface area (Å²) in [4.78, 5) is 16.2. The van der Waals surface area contributed by atoms with Gasteiger partial charge in [-0.15, -0.1) is 0 Å². The lowest BCUT2D eigenvalue weighted by molar-refractivity contribution is -0.117. The maximum Gasteiger partial charge on any atom is 0.246 e. The quantitative estimate of drug-likeness (QED) is 0.524. The van der Waals surface area contributed by atoms with Gasteiger partial charge in [-0.05, 0) is 38.3 Å². The van der Waals surface area contributed by atoms with Crippen molar-refractivity contribution in [3.63, 3.8) is 0 Å². The zero-order valence-corrected chi connectivity index (χ0v) is 15.0. The van der Waals surface area contributed by atoms with Crippen molar-refractivity contribution >= 4 is 16.9 Å². The lowest BCUT2D eigenvalue weighted by Gasteiger charge is -2.09. The predicted octanol–water partition coefficient (Wildman–Crippen LogP) is 4.24. The maximum absolute atomic E-state index is 11.4. The highest BCUT2D eigenvalue weighted by molar-refractivity contribution is 5.92. The predicted molar refractivity (Wildman–Crippen MR) is 100 cm³/mol. The number of rotatable bonds is 10. The van der Waals surface area contributed by atoms with Gasteiger partial charge in [0.25, 0.3) is 0 Å². The van der Waals surface area contributed by atoms with Crippen molar-refractivity contribution < 1.29 is 4.79 Å². The number of imidazole rings is 1. The second kappa shape index (κ2) is 9.26. The Bertz CT molecular complexity index is 687. The Morgan fingerprint density at radius 2 is 2.00 bits per heavy atom. The largest absolute Gasteiger partial charge is 0.352 e. The molecule has 1 N–H and O–H groups in total. The van der Waals surface area contributed by atoms with Crippen LogP contribution in [-0.4, -0.2) is 22.0 Å². The summed E-state index contributed by atoms with van der Waals surface area (Å²) in [7, 11) is 0. The fraction of sp³-hybridized carbons (Fsp3) is 0.500. The average Bonchev–Trinajstić information content (AvgIpc) is 2.93. The minimum Gasteiger partial charge on any atom is -0.352 e. The average molecular weight is 327 g/mol. The zero-order chi connectivity index (χ0) is 17.4. The number of hydrogen-bond donors (Lipinski definition) is 1. The van der Waals surface area contributed by atoms with Gasteiger partial charge in [0.05, 0.1) is 11.0 Å². The lowest BCUT2D eigenvalue weighted by atomic mass is 10.2. The normalized spacial score (nSPS) is 10.9. The molecule has 0 aliphatic heterocycles. The molecule has 0 fully saturated rings. The Labute approximate surface area is 145 Å². The van der Waals surface area contributed by atoms with E-state index in [0.717, 1.165) is 44.3 Å². The van der Waals surface area contributed by atoms with Gasteiger partial charge in [-0.25, -0.2) is 4.98 Å². The van der Waals surface area contributed by atoms with Crippen LogP contribution in [-0.2, 0) is 17.8 Å². The summed E-state index contributed by atoms with van der Waals surface area (Å²) in [6.07, 6.45) is 6.54. The molecule has 0 radical (unpaired) electrons. The Balaban J connectivity index is 1.85. The maximum atomic E-state index is 11.4. The van der Waals surface area contributed by atoms with Crippen LogP contribution in [0.1, 0.15) is 51.8 Å². The molecular weight excluding hydrogens is 298 g/mol. The van der Waals surface area contributed by atoms with Crippen molar-refractivity contribution in [2.24, 2.45) is 0 Å². The molecule has 0 saturated heterocycles. The number of carbonyl (C=O) groups excluding carboxylic acids is 1. The van der Waals surface area contributed by atoms with Crippen LogP contribution in [0.15, 0.2) is 36.4 Å². The minimum atomic E-state index is -0.0450. The SMILES string of the molecule is C=C(C)C(=O)NCCCCCc1nc2ccccc2n1CCCC. The molecule has 1 heterocycles. The van der Waals surface area contributed by atoms with Crippen molar-refractivity contribution in [3.8, 4) is 0 Å². The molecule has 0 spiro atoms. The summed E-state index contributed by atoms with van der Waals surface area (Å²) < 4.78 is 2.38. The molecule has 2 aromatic rings. The third kappa shape index (κ3) is 4.95. The summed E-state index contributed by atoms with van der Waals surface area (Å²) >= 11 is 0. The van der Waals surface area contributed by atoms with Crippen LogP contribution in [0.25, 0.3) is 11.0 Å². The van der Waals surface area contributed by atoms with E-state index in [1.807, 2.05) is 6.07 Å². The molecule has 0 aliphatic rings. The number of nitrogens with one attached hydrogen (secondary N) is 1. The number of para-hydroxylation sites is 2. The molecular formula is C20H29N3O. The fourth-order valence-electron chi connectivity index (χ4n) is 2.82. The number of aromatic nitrogens is 2. The molecule has 0 atom stereocenters. The monoisotopic (exact) mass is 327 g/mol. The standard InChI is InChI=1S/C20H29N3O/c1-4-5-15-23-18-12-9-8-11-17(18)22-19(23)13-7-6-10-14-21-20(24)16(2)3/h8-9,11-12H,2,4-7,10,13-15H2,1,3H3,(H,21,24). The van der Waals surface area contributed by atoms with Gasteiger partial charge in [-0.2, -0.15) is 0 Å². The van der Waals surface area contributed by atoms with Gasteiger partial charge < -0.3 is 9.88 Å². The molecule has 130 valence electrons. The van der Waals surface area contributed by atoms with Crippen LogP contribution in [0.4, 0.5) is 0 Å². The molecule has 4 nitrogen and oxygen atoms in total. The minimum absolute atomic E-state index is 0.0450. The van der Waals surface area contributed by atoms with Crippen molar-refractivity contribution in [1.29, 1.82) is 0 Å². The van der Waals surface area contributed by atoms with Crippen molar-refractivity contribution in [2.45, 2.75) is 58.9 Å². The third-order valence-electron chi connectivity index (χ3n) is 4.22. The molecule has 1 aromatic heterocycles. The summed E-state index contributed by atoms with van der Waals surface area (Å²) in [5, 5.41) is 2.88. The molecule has 1 amide bonds. The molecule has 4 heteroatoms. The Kier molecular flexibility index (Phi) is 7.04. The van der Waals surface area contributed by atoms with Gasteiger partial charge in [0.1, 0.15) is 5.82 Å². The molecule has 24 heavy (non-hydrogen) atoms. The van der Waals surface area contributed by atoms with Crippen LogP contribution < -0.4 is 5.32 Å².